The molecule has 0 saturated carbocycles. The molecule has 29 heavy (non-hydrogen) atoms. The van der Waals surface area contributed by atoms with Crippen molar-refractivity contribution in [3.8, 4) is 5.75 Å². The normalized spacial score (nSPS) is 10.9. The number of amides is 1. The minimum atomic E-state index is -0.298. The molecule has 0 bridgehead atoms. The van der Waals surface area contributed by atoms with E-state index in [0.29, 0.717) is 29.3 Å². The summed E-state index contributed by atoms with van der Waals surface area (Å²) >= 11 is 0. The molecule has 146 valence electrons. The van der Waals surface area contributed by atoms with Gasteiger partial charge in [-0.3, -0.25) is 4.79 Å². The van der Waals surface area contributed by atoms with Crippen LogP contribution >= 0.6 is 0 Å². The third kappa shape index (κ3) is 4.08. The van der Waals surface area contributed by atoms with Crippen LogP contribution in [0.2, 0.25) is 0 Å². The van der Waals surface area contributed by atoms with E-state index in [1.54, 1.807) is 40.9 Å². The molecule has 2 aromatic heterocycles. The highest BCUT2D eigenvalue weighted by Crippen LogP contribution is 2.20. The number of nitrogens with one attached hydrogen (secondary N) is 1. The van der Waals surface area contributed by atoms with Crippen molar-refractivity contribution in [2.75, 3.05) is 5.32 Å². The molecule has 0 atom stereocenters. The summed E-state index contributed by atoms with van der Waals surface area (Å²) in [5.41, 5.74) is 4.08. The largest absolute Gasteiger partial charge is 0.489 e. The van der Waals surface area contributed by atoms with Crippen molar-refractivity contribution in [1.82, 2.24) is 14.6 Å². The maximum Gasteiger partial charge on any atom is 0.261 e. The highest BCUT2D eigenvalue weighted by molar-refractivity contribution is 6.08. The van der Waals surface area contributed by atoms with Gasteiger partial charge in [0.25, 0.3) is 5.91 Å². The van der Waals surface area contributed by atoms with Crippen molar-refractivity contribution in [2.24, 2.45) is 0 Å². The fourth-order valence-corrected chi connectivity index (χ4v) is 3.04. The zero-order chi connectivity index (χ0) is 20.4. The van der Waals surface area contributed by atoms with Crippen molar-refractivity contribution >= 4 is 17.2 Å². The average Bonchev–Trinajstić information content (AvgIpc) is 3.12. The Bertz CT molecular complexity index is 1190. The standard InChI is InChI=1S/C22H19FN4O2/c1-14-10-15(2)27-21(25-14)20(12-24-27)22(28)26-18-4-3-5-19(11-18)29-13-16-6-8-17(23)9-7-16/h3-12H,13H2,1-2H3,(H,26,28). The fraction of sp³-hybridized carbons (Fsp3) is 0.136. The molecule has 0 spiro atoms. The van der Waals surface area contributed by atoms with E-state index in [4.69, 9.17) is 4.74 Å². The molecule has 1 amide bonds. The van der Waals surface area contributed by atoms with Gasteiger partial charge in [-0.05, 0) is 49.7 Å². The SMILES string of the molecule is Cc1cc(C)n2ncc(C(=O)Nc3cccc(OCc4ccc(F)cc4)c3)c2n1. The van der Waals surface area contributed by atoms with Gasteiger partial charge in [-0.25, -0.2) is 13.9 Å². The molecule has 2 heterocycles. The Morgan fingerprint density at radius 2 is 1.93 bits per heavy atom. The number of aromatic nitrogens is 3. The van der Waals surface area contributed by atoms with Gasteiger partial charge in [0, 0.05) is 23.1 Å². The number of fused-ring (bicyclic) bond motifs is 1. The van der Waals surface area contributed by atoms with E-state index in [0.717, 1.165) is 17.0 Å². The Morgan fingerprint density at radius 1 is 1.14 bits per heavy atom. The Kier molecular flexibility index (Phi) is 4.95. The van der Waals surface area contributed by atoms with Gasteiger partial charge < -0.3 is 10.1 Å². The summed E-state index contributed by atoms with van der Waals surface area (Å²) in [4.78, 5) is 17.2. The van der Waals surface area contributed by atoms with Crippen molar-refractivity contribution in [3.05, 3.63) is 89.1 Å². The van der Waals surface area contributed by atoms with E-state index < -0.39 is 0 Å². The highest BCUT2D eigenvalue weighted by Gasteiger charge is 2.16. The lowest BCUT2D eigenvalue weighted by Crippen LogP contribution is -2.12. The second-order valence-electron chi connectivity index (χ2n) is 6.73. The van der Waals surface area contributed by atoms with E-state index in [1.807, 2.05) is 19.9 Å². The van der Waals surface area contributed by atoms with Crippen LogP contribution in [0, 0.1) is 19.7 Å². The summed E-state index contributed by atoms with van der Waals surface area (Å²) in [5.74, 6) is 0.0102. The number of aryl methyl sites for hydroxylation is 2. The number of hydrogen-bond donors (Lipinski definition) is 1. The lowest BCUT2D eigenvalue weighted by molar-refractivity contribution is 0.102. The van der Waals surface area contributed by atoms with Gasteiger partial charge in [-0.1, -0.05) is 18.2 Å². The predicted octanol–water partition coefficient (Wildman–Crippen LogP) is 4.32. The topological polar surface area (TPSA) is 68.5 Å². The second kappa shape index (κ2) is 7.71. The van der Waals surface area contributed by atoms with Gasteiger partial charge in [0.1, 0.15) is 23.7 Å². The van der Waals surface area contributed by atoms with Gasteiger partial charge >= 0.3 is 0 Å². The summed E-state index contributed by atoms with van der Waals surface area (Å²) in [6.07, 6.45) is 1.51. The Labute approximate surface area is 167 Å². The zero-order valence-electron chi connectivity index (χ0n) is 16.0. The molecule has 1 N–H and O–H groups in total. The summed E-state index contributed by atoms with van der Waals surface area (Å²) in [7, 11) is 0. The molecule has 0 aliphatic rings. The number of nitrogens with zero attached hydrogens (tertiary/aromatic N) is 3. The maximum absolute atomic E-state index is 13.0. The Morgan fingerprint density at radius 3 is 2.72 bits per heavy atom. The number of halogens is 1. The molecule has 4 aromatic rings. The summed E-state index contributed by atoms with van der Waals surface area (Å²) < 4.78 is 20.4. The molecule has 0 aliphatic carbocycles. The Hall–Kier alpha value is -3.74. The first kappa shape index (κ1) is 18.6. The number of ether oxygens (including phenoxy) is 1. The number of benzene rings is 2. The van der Waals surface area contributed by atoms with E-state index >= 15 is 0 Å². The summed E-state index contributed by atoms with van der Waals surface area (Å²) in [6, 6.07) is 15.1. The molecule has 2 aromatic carbocycles. The van der Waals surface area contributed by atoms with E-state index in [2.05, 4.69) is 15.4 Å². The number of rotatable bonds is 5. The van der Waals surface area contributed by atoms with Crippen molar-refractivity contribution in [2.45, 2.75) is 20.5 Å². The number of anilines is 1. The molecule has 0 saturated heterocycles. The van der Waals surface area contributed by atoms with Crippen LogP contribution < -0.4 is 10.1 Å². The molecule has 6 nitrogen and oxygen atoms in total. The highest BCUT2D eigenvalue weighted by atomic mass is 19.1. The number of carbonyl (C=O) groups is 1. The van der Waals surface area contributed by atoms with E-state index in [1.165, 1.54) is 18.3 Å². The second-order valence-corrected chi connectivity index (χ2v) is 6.73. The fourth-order valence-electron chi connectivity index (χ4n) is 3.04. The van der Waals surface area contributed by atoms with Gasteiger partial charge in [-0.2, -0.15) is 5.10 Å². The third-order valence-corrected chi connectivity index (χ3v) is 4.43. The van der Waals surface area contributed by atoms with Gasteiger partial charge in [0.2, 0.25) is 0 Å². The predicted molar refractivity (Wildman–Crippen MR) is 108 cm³/mol. The van der Waals surface area contributed by atoms with Crippen molar-refractivity contribution in [3.63, 3.8) is 0 Å². The molecular formula is C22H19FN4O2. The van der Waals surface area contributed by atoms with Crippen LogP contribution in [0.4, 0.5) is 10.1 Å². The number of hydrogen-bond acceptors (Lipinski definition) is 4. The molecule has 0 unspecified atom stereocenters. The van der Waals surface area contributed by atoms with Crippen LogP contribution in [0.1, 0.15) is 27.3 Å². The van der Waals surface area contributed by atoms with Crippen LogP contribution in [0.5, 0.6) is 5.75 Å². The Balaban J connectivity index is 1.49. The van der Waals surface area contributed by atoms with Gasteiger partial charge in [-0.15, -0.1) is 0 Å². The lowest BCUT2D eigenvalue weighted by Gasteiger charge is -2.09. The molecule has 7 heteroatoms. The quantitative estimate of drug-likeness (QED) is 0.551. The summed E-state index contributed by atoms with van der Waals surface area (Å²) in [6.45, 7) is 4.09. The molecular weight excluding hydrogens is 371 g/mol. The first-order valence-electron chi connectivity index (χ1n) is 9.10. The van der Waals surface area contributed by atoms with E-state index in [-0.39, 0.29) is 11.7 Å². The lowest BCUT2D eigenvalue weighted by atomic mass is 10.2. The van der Waals surface area contributed by atoms with Crippen LogP contribution in [0.15, 0.2) is 60.8 Å². The van der Waals surface area contributed by atoms with Crippen LogP contribution in [-0.4, -0.2) is 20.5 Å². The average molecular weight is 390 g/mol. The number of carbonyl (C=O) groups excluding carboxylic acids is 1. The summed E-state index contributed by atoms with van der Waals surface area (Å²) in [5, 5.41) is 7.11. The third-order valence-electron chi connectivity index (χ3n) is 4.43. The molecule has 0 fully saturated rings. The first-order chi connectivity index (χ1) is 14.0. The minimum Gasteiger partial charge on any atom is -0.489 e. The molecule has 0 aliphatic heterocycles. The van der Waals surface area contributed by atoms with Crippen LogP contribution in [0.25, 0.3) is 5.65 Å². The van der Waals surface area contributed by atoms with Crippen molar-refractivity contribution < 1.29 is 13.9 Å². The van der Waals surface area contributed by atoms with Crippen LogP contribution in [0.3, 0.4) is 0 Å². The smallest absolute Gasteiger partial charge is 0.261 e. The molecule has 4 rings (SSSR count). The van der Waals surface area contributed by atoms with Gasteiger partial charge in [0.15, 0.2) is 5.65 Å². The van der Waals surface area contributed by atoms with Crippen molar-refractivity contribution in [1.29, 1.82) is 0 Å². The minimum absolute atomic E-state index is 0.286. The monoisotopic (exact) mass is 390 g/mol. The van der Waals surface area contributed by atoms with Crippen LogP contribution in [-0.2, 0) is 6.61 Å². The first-order valence-corrected chi connectivity index (χ1v) is 9.10. The van der Waals surface area contributed by atoms with E-state index in [9.17, 15) is 9.18 Å². The van der Waals surface area contributed by atoms with Gasteiger partial charge in [0.05, 0.1) is 6.20 Å². The zero-order valence-corrected chi connectivity index (χ0v) is 16.0. The maximum atomic E-state index is 13.0. The molecule has 0 radical (unpaired) electrons.